The van der Waals surface area contributed by atoms with Crippen molar-refractivity contribution in [1.82, 2.24) is 4.98 Å². The highest BCUT2D eigenvalue weighted by atomic mass is 19.4. The zero-order valence-corrected chi connectivity index (χ0v) is 18.4. The van der Waals surface area contributed by atoms with E-state index in [4.69, 9.17) is 19.3 Å². The SMILES string of the molecule is O=C(Nc1cc[nH]c(=O)c1)c1ccc(C(F)(F)F)cc1OCC1CCOC1.OCC1CCOC1. The summed E-state index contributed by atoms with van der Waals surface area (Å²) >= 11 is 0. The lowest BCUT2D eigenvalue weighted by molar-refractivity contribution is -0.137. The number of hydrogen-bond donors (Lipinski definition) is 3. The Kier molecular flexibility index (Phi) is 9.08. The number of ether oxygens (including phenoxy) is 3. The van der Waals surface area contributed by atoms with E-state index in [0.717, 1.165) is 44.3 Å². The van der Waals surface area contributed by atoms with Crippen LogP contribution >= 0.6 is 0 Å². The van der Waals surface area contributed by atoms with Crippen molar-refractivity contribution in [2.45, 2.75) is 19.0 Å². The number of carbonyl (C=O) groups is 1. The number of aliphatic hydroxyl groups excluding tert-OH is 1. The Morgan fingerprint density at radius 1 is 1.12 bits per heavy atom. The van der Waals surface area contributed by atoms with Gasteiger partial charge in [-0.3, -0.25) is 9.59 Å². The largest absolute Gasteiger partial charge is 0.492 e. The van der Waals surface area contributed by atoms with Crippen molar-refractivity contribution in [2.24, 2.45) is 11.8 Å². The molecule has 1 aromatic heterocycles. The Balaban J connectivity index is 0.000000396. The smallest absolute Gasteiger partial charge is 0.416 e. The number of nitrogens with one attached hydrogen (secondary N) is 2. The summed E-state index contributed by atoms with van der Waals surface area (Å²) in [7, 11) is 0. The van der Waals surface area contributed by atoms with E-state index in [0.29, 0.717) is 25.7 Å². The zero-order chi connectivity index (χ0) is 24.6. The van der Waals surface area contributed by atoms with Crippen molar-refractivity contribution >= 4 is 11.6 Å². The van der Waals surface area contributed by atoms with Gasteiger partial charge in [-0.05, 0) is 37.1 Å². The van der Waals surface area contributed by atoms with Crippen LogP contribution in [0.1, 0.15) is 28.8 Å². The molecule has 11 heteroatoms. The molecule has 0 radical (unpaired) electrons. The molecule has 1 aromatic carbocycles. The van der Waals surface area contributed by atoms with E-state index in [-0.39, 0.29) is 29.5 Å². The number of aromatic amines is 1. The quantitative estimate of drug-likeness (QED) is 0.582. The molecule has 34 heavy (non-hydrogen) atoms. The minimum Gasteiger partial charge on any atom is -0.492 e. The highest BCUT2D eigenvalue weighted by molar-refractivity contribution is 6.06. The molecule has 2 unspecified atom stereocenters. The summed E-state index contributed by atoms with van der Waals surface area (Å²) in [6.45, 7) is 3.08. The maximum Gasteiger partial charge on any atom is 0.416 e. The van der Waals surface area contributed by atoms with E-state index in [2.05, 4.69) is 10.3 Å². The number of alkyl halides is 3. The molecule has 8 nitrogen and oxygen atoms in total. The van der Waals surface area contributed by atoms with Gasteiger partial charge in [-0.25, -0.2) is 0 Å². The first kappa shape index (κ1) is 25.7. The number of hydrogen-bond acceptors (Lipinski definition) is 6. The fourth-order valence-electron chi connectivity index (χ4n) is 3.38. The number of aromatic nitrogens is 1. The molecule has 2 aliphatic rings. The molecule has 3 heterocycles. The summed E-state index contributed by atoms with van der Waals surface area (Å²) in [5.41, 5.74) is -1.16. The molecular weight excluding hydrogens is 457 g/mol. The molecule has 4 rings (SSSR count). The van der Waals surface area contributed by atoms with E-state index in [1.54, 1.807) is 0 Å². The van der Waals surface area contributed by atoms with Crippen molar-refractivity contribution < 1.29 is 37.3 Å². The summed E-state index contributed by atoms with van der Waals surface area (Å²) in [5.74, 6) is -0.353. The second-order valence-corrected chi connectivity index (χ2v) is 8.06. The molecular formula is C23H27F3N2O6. The minimum absolute atomic E-state index is 0.0535. The van der Waals surface area contributed by atoms with Gasteiger partial charge in [0.2, 0.25) is 5.56 Å². The Bertz CT molecular complexity index is 999. The van der Waals surface area contributed by atoms with Gasteiger partial charge in [0.1, 0.15) is 5.75 Å². The van der Waals surface area contributed by atoms with Crippen LogP contribution < -0.4 is 15.6 Å². The molecule has 2 fully saturated rings. The van der Waals surface area contributed by atoms with Crippen molar-refractivity contribution in [1.29, 1.82) is 0 Å². The van der Waals surface area contributed by atoms with Gasteiger partial charge in [-0.15, -0.1) is 0 Å². The summed E-state index contributed by atoms with van der Waals surface area (Å²) in [6, 6.07) is 5.31. The lowest BCUT2D eigenvalue weighted by Crippen LogP contribution is -2.18. The molecule has 3 N–H and O–H groups in total. The molecule has 0 aliphatic carbocycles. The molecule has 186 valence electrons. The highest BCUT2D eigenvalue weighted by Gasteiger charge is 2.32. The number of halogens is 3. The van der Waals surface area contributed by atoms with Gasteiger partial charge >= 0.3 is 6.18 Å². The van der Waals surface area contributed by atoms with Crippen LogP contribution in [-0.2, 0) is 15.7 Å². The number of carbonyl (C=O) groups excluding carboxylic acids is 1. The van der Waals surface area contributed by atoms with Crippen LogP contribution in [0.15, 0.2) is 41.3 Å². The van der Waals surface area contributed by atoms with Gasteiger partial charge in [-0.2, -0.15) is 13.2 Å². The van der Waals surface area contributed by atoms with Crippen LogP contribution in [0.5, 0.6) is 5.75 Å². The van der Waals surface area contributed by atoms with Gasteiger partial charge < -0.3 is 29.6 Å². The number of aliphatic hydroxyl groups is 1. The molecule has 2 aromatic rings. The number of amides is 1. The van der Waals surface area contributed by atoms with Gasteiger partial charge in [0.05, 0.1) is 30.9 Å². The van der Waals surface area contributed by atoms with Crippen LogP contribution in [0.3, 0.4) is 0 Å². The lowest BCUT2D eigenvalue weighted by atomic mass is 10.1. The summed E-state index contributed by atoms with van der Waals surface area (Å²) < 4.78 is 54.8. The molecule has 0 spiro atoms. The van der Waals surface area contributed by atoms with Crippen molar-refractivity contribution in [3.05, 3.63) is 58.0 Å². The Morgan fingerprint density at radius 2 is 1.82 bits per heavy atom. The normalized spacial score (nSPS) is 19.9. The first-order valence-corrected chi connectivity index (χ1v) is 10.9. The fourth-order valence-corrected chi connectivity index (χ4v) is 3.38. The van der Waals surface area contributed by atoms with Crippen LogP contribution in [0.4, 0.5) is 18.9 Å². The summed E-state index contributed by atoms with van der Waals surface area (Å²) in [5, 5.41) is 11.0. The Morgan fingerprint density at radius 3 is 2.38 bits per heavy atom. The molecule has 2 atom stereocenters. The second kappa shape index (κ2) is 12.0. The number of pyridine rings is 1. The van der Waals surface area contributed by atoms with Gasteiger partial charge in [0, 0.05) is 49.6 Å². The summed E-state index contributed by atoms with van der Waals surface area (Å²) in [6.07, 6.45) is -1.43. The molecule has 2 saturated heterocycles. The third-order valence-corrected chi connectivity index (χ3v) is 5.37. The molecule has 2 aliphatic heterocycles. The van der Waals surface area contributed by atoms with Crippen LogP contribution in [0, 0.1) is 11.8 Å². The van der Waals surface area contributed by atoms with Crippen molar-refractivity contribution in [3.63, 3.8) is 0 Å². The highest BCUT2D eigenvalue weighted by Crippen LogP contribution is 2.34. The first-order valence-electron chi connectivity index (χ1n) is 10.9. The van der Waals surface area contributed by atoms with Gasteiger partial charge in [0.15, 0.2) is 0 Å². The molecule has 1 amide bonds. The maximum atomic E-state index is 13.0. The maximum absolute atomic E-state index is 13.0. The second-order valence-electron chi connectivity index (χ2n) is 8.06. The van der Waals surface area contributed by atoms with E-state index in [1.165, 1.54) is 18.3 Å². The fraction of sp³-hybridized carbons (Fsp3) is 0.478. The van der Waals surface area contributed by atoms with Crippen molar-refractivity contribution in [2.75, 3.05) is 45.0 Å². The standard InChI is InChI=1S/C18H17F3N2O4.C5H10O2/c19-18(20,21)12-1-2-14(15(7-12)27-10-11-4-6-26-9-11)17(25)23-13-3-5-22-16(24)8-13;6-3-5-1-2-7-4-5/h1-3,5,7-8,11H,4,6,9-10H2,(H2,22,23,24,25);5-6H,1-4H2. The Hall–Kier alpha value is -2.89. The monoisotopic (exact) mass is 484 g/mol. The number of anilines is 1. The third-order valence-electron chi connectivity index (χ3n) is 5.37. The third kappa shape index (κ3) is 7.57. The minimum atomic E-state index is -4.56. The predicted molar refractivity (Wildman–Crippen MR) is 117 cm³/mol. The topological polar surface area (TPSA) is 110 Å². The van der Waals surface area contributed by atoms with Crippen LogP contribution in [0.2, 0.25) is 0 Å². The van der Waals surface area contributed by atoms with Crippen LogP contribution in [-0.4, -0.2) is 55.6 Å². The average Bonchev–Trinajstić information content (AvgIpc) is 3.51. The zero-order valence-electron chi connectivity index (χ0n) is 18.4. The summed E-state index contributed by atoms with van der Waals surface area (Å²) in [4.78, 5) is 26.2. The molecule has 0 saturated carbocycles. The number of H-pyrrole nitrogens is 1. The van der Waals surface area contributed by atoms with Crippen LogP contribution in [0.25, 0.3) is 0 Å². The average molecular weight is 484 g/mol. The van der Waals surface area contributed by atoms with E-state index in [9.17, 15) is 22.8 Å². The van der Waals surface area contributed by atoms with Gasteiger partial charge in [-0.1, -0.05) is 0 Å². The molecule has 0 bridgehead atoms. The van der Waals surface area contributed by atoms with Gasteiger partial charge in [0.25, 0.3) is 5.91 Å². The van der Waals surface area contributed by atoms with E-state index < -0.39 is 23.2 Å². The van der Waals surface area contributed by atoms with E-state index in [1.807, 2.05) is 0 Å². The Labute approximate surface area is 194 Å². The first-order chi connectivity index (χ1) is 16.3. The number of benzene rings is 1. The van der Waals surface area contributed by atoms with Crippen molar-refractivity contribution in [3.8, 4) is 5.75 Å². The predicted octanol–water partition coefficient (Wildman–Crippen LogP) is 3.08. The lowest BCUT2D eigenvalue weighted by Gasteiger charge is -2.16. The van der Waals surface area contributed by atoms with E-state index >= 15 is 0 Å². The number of rotatable bonds is 6.